The van der Waals surface area contributed by atoms with Crippen LogP contribution in [0.3, 0.4) is 0 Å². The van der Waals surface area contributed by atoms with Crippen molar-refractivity contribution in [2.45, 2.75) is 18.2 Å². The molecule has 5 heteroatoms. The average molecular weight is 228 g/mol. The number of alkyl halides is 2. The van der Waals surface area contributed by atoms with Crippen LogP contribution in [-0.4, -0.2) is 36.9 Å². The van der Waals surface area contributed by atoms with E-state index in [2.05, 4.69) is 5.32 Å². The van der Waals surface area contributed by atoms with Crippen LogP contribution in [0.5, 0.6) is 0 Å². The van der Waals surface area contributed by atoms with Gasteiger partial charge in [-0.25, -0.2) is 0 Å². The number of ether oxygens (including phenoxy) is 1. The number of carbonyl (C=O) groups is 1. The molecule has 0 aromatic rings. The van der Waals surface area contributed by atoms with Gasteiger partial charge in [-0.2, -0.15) is 0 Å². The van der Waals surface area contributed by atoms with Crippen molar-refractivity contribution in [3.05, 3.63) is 0 Å². The van der Waals surface area contributed by atoms with E-state index in [1.165, 1.54) is 0 Å². The lowest BCUT2D eigenvalue weighted by Crippen LogP contribution is -2.42. The molecule has 0 aromatic heterocycles. The lowest BCUT2D eigenvalue weighted by atomic mass is 10.2. The van der Waals surface area contributed by atoms with Crippen molar-refractivity contribution in [2.24, 2.45) is 0 Å². The average Bonchev–Trinajstić information content (AvgIpc) is 2.12. The molecule has 3 nitrogen and oxygen atoms in total. The van der Waals surface area contributed by atoms with Gasteiger partial charge in [0.15, 0.2) is 0 Å². The number of halogens is 2. The molecule has 78 valence electrons. The predicted molar refractivity (Wildman–Crippen MR) is 54.5 cm³/mol. The SMILES string of the molecule is COCCCNC(=O)C(C)(Cl)CCl. The normalized spacial score (nSPS) is 15.1. The van der Waals surface area contributed by atoms with Crippen LogP contribution in [0.25, 0.3) is 0 Å². The third-order valence-corrected chi connectivity index (χ3v) is 2.51. The van der Waals surface area contributed by atoms with Gasteiger partial charge in [-0.1, -0.05) is 0 Å². The molecule has 0 saturated heterocycles. The van der Waals surface area contributed by atoms with E-state index in [0.29, 0.717) is 13.2 Å². The first-order chi connectivity index (χ1) is 6.04. The van der Waals surface area contributed by atoms with Crippen molar-refractivity contribution in [3.8, 4) is 0 Å². The smallest absolute Gasteiger partial charge is 0.242 e. The molecule has 0 aromatic carbocycles. The maximum Gasteiger partial charge on any atom is 0.242 e. The highest BCUT2D eigenvalue weighted by atomic mass is 35.5. The Bertz CT molecular complexity index is 162. The zero-order valence-corrected chi connectivity index (χ0v) is 9.41. The van der Waals surface area contributed by atoms with Crippen LogP contribution >= 0.6 is 23.2 Å². The standard InChI is InChI=1S/C8H15Cl2NO2/c1-8(10,6-9)7(12)11-4-3-5-13-2/h3-6H2,1-2H3,(H,11,12). The Hall–Kier alpha value is 0.01000. The fraction of sp³-hybridized carbons (Fsp3) is 0.875. The largest absolute Gasteiger partial charge is 0.385 e. The molecule has 0 heterocycles. The highest BCUT2D eigenvalue weighted by Gasteiger charge is 2.28. The Kier molecular flexibility index (Phi) is 6.47. The first-order valence-electron chi connectivity index (χ1n) is 4.06. The second-order valence-corrected chi connectivity index (χ2v) is 4.03. The minimum absolute atomic E-state index is 0.102. The van der Waals surface area contributed by atoms with Crippen LogP contribution in [0.15, 0.2) is 0 Å². The van der Waals surface area contributed by atoms with Crippen molar-refractivity contribution in [1.82, 2.24) is 5.32 Å². The van der Waals surface area contributed by atoms with Gasteiger partial charge in [-0.15, -0.1) is 23.2 Å². The van der Waals surface area contributed by atoms with Crippen molar-refractivity contribution in [3.63, 3.8) is 0 Å². The zero-order chi connectivity index (χ0) is 10.3. The molecule has 0 aliphatic carbocycles. The third-order valence-electron chi connectivity index (χ3n) is 1.54. The molecule has 1 unspecified atom stereocenters. The minimum atomic E-state index is -1.01. The molecule has 1 amide bonds. The van der Waals surface area contributed by atoms with Gasteiger partial charge in [0.1, 0.15) is 4.87 Å². The fourth-order valence-electron chi connectivity index (χ4n) is 0.663. The summed E-state index contributed by atoms with van der Waals surface area (Å²) in [6.07, 6.45) is 0.775. The van der Waals surface area contributed by atoms with Gasteiger partial charge in [0.05, 0.1) is 5.88 Å². The van der Waals surface area contributed by atoms with E-state index in [9.17, 15) is 4.79 Å². The Morgan fingerprint density at radius 3 is 2.69 bits per heavy atom. The molecule has 1 atom stereocenters. The Morgan fingerprint density at radius 2 is 2.23 bits per heavy atom. The van der Waals surface area contributed by atoms with Crippen LogP contribution in [0, 0.1) is 0 Å². The quantitative estimate of drug-likeness (QED) is 0.550. The molecule has 0 aliphatic heterocycles. The first-order valence-corrected chi connectivity index (χ1v) is 4.98. The number of nitrogens with one attached hydrogen (secondary N) is 1. The lowest BCUT2D eigenvalue weighted by Gasteiger charge is -2.17. The monoisotopic (exact) mass is 227 g/mol. The van der Waals surface area contributed by atoms with Gasteiger partial charge >= 0.3 is 0 Å². The van der Waals surface area contributed by atoms with E-state index in [4.69, 9.17) is 27.9 Å². The summed E-state index contributed by atoms with van der Waals surface area (Å²) in [5, 5.41) is 2.67. The number of rotatable bonds is 6. The summed E-state index contributed by atoms with van der Waals surface area (Å²) in [6.45, 7) is 2.78. The molecular formula is C8H15Cl2NO2. The van der Waals surface area contributed by atoms with Gasteiger partial charge < -0.3 is 10.1 Å². The van der Waals surface area contributed by atoms with E-state index in [1.807, 2.05) is 0 Å². The van der Waals surface area contributed by atoms with Gasteiger partial charge in [0.25, 0.3) is 0 Å². The Morgan fingerprint density at radius 1 is 1.62 bits per heavy atom. The molecule has 1 N–H and O–H groups in total. The Labute approximate surface area is 88.7 Å². The summed E-state index contributed by atoms with van der Waals surface area (Å²) in [4.78, 5) is 10.3. The summed E-state index contributed by atoms with van der Waals surface area (Å²) in [7, 11) is 1.62. The molecule has 0 radical (unpaired) electrons. The summed E-state index contributed by atoms with van der Waals surface area (Å²) in [6, 6.07) is 0. The van der Waals surface area contributed by atoms with E-state index in [1.54, 1.807) is 14.0 Å². The lowest BCUT2D eigenvalue weighted by molar-refractivity contribution is -0.122. The summed E-state index contributed by atoms with van der Waals surface area (Å²) < 4.78 is 4.83. The molecular weight excluding hydrogens is 213 g/mol. The van der Waals surface area contributed by atoms with E-state index < -0.39 is 4.87 Å². The number of carbonyl (C=O) groups excluding carboxylic acids is 1. The molecule has 13 heavy (non-hydrogen) atoms. The maximum absolute atomic E-state index is 11.3. The molecule has 0 rings (SSSR count). The number of methoxy groups -OCH3 is 1. The molecule has 0 saturated carbocycles. The van der Waals surface area contributed by atoms with Gasteiger partial charge in [0, 0.05) is 20.3 Å². The second-order valence-electron chi connectivity index (χ2n) is 2.93. The topological polar surface area (TPSA) is 38.3 Å². The van der Waals surface area contributed by atoms with Crippen molar-refractivity contribution in [2.75, 3.05) is 26.1 Å². The fourth-order valence-corrected chi connectivity index (χ4v) is 0.852. The molecule has 0 aliphatic rings. The molecule has 0 bridgehead atoms. The summed E-state index contributed by atoms with van der Waals surface area (Å²) in [5.41, 5.74) is 0. The zero-order valence-electron chi connectivity index (χ0n) is 7.90. The van der Waals surface area contributed by atoms with Gasteiger partial charge in [-0.3, -0.25) is 4.79 Å². The number of amides is 1. The van der Waals surface area contributed by atoms with Crippen molar-refractivity contribution in [1.29, 1.82) is 0 Å². The molecule has 0 fully saturated rings. The van der Waals surface area contributed by atoms with Gasteiger partial charge in [0.2, 0.25) is 5.91 Å². The van der Waals surface area contributed by atoms with Gasteiger partial charge in [-0.05, 0) is 13.3 Å². The third kappa shape index (κ3) is 5.34. The van der Waals surface area contributed by atoms with E-state index in [0.717, 1.165) is 6.42 Å². The number of hydrogen-bond donors (Lipinski definition) is 1. The van der Waals surface area contributed by atoms with Crippen molar-refractivity contribution < 1.29 is 9.53 Å². The van der Waals surface area contributed by atoms with E-state index >= 15 is 0 Å². The first kappa shape index (κ1) is 13.0. The van der Waals surface area contributed by atoms with Crippen LogP contribution < -0.4 is 5.32 Å². The second kappa shape index (κ2) is 6.46. The van der Waals surface area contributed by atoms with E-state index in [-0.39, 0.29) is 11.8 Å². The highest BCUT2D eigenvalue weighted by molar-refractivity contribution is 6.39. The highest BCUT2D eigenvalue weighted by Crippen LogP contribution is 2.15. The predicted octanol–water partition coefficient (Wildman–Crippen LogP) is 1.38. The maximum atomic E-state index is 11.3. The Balaban J connectivity index is 3.62. The van der Waals surface area contributed by atoms with Crippen LogP contribution in [0.2, 0.25) is 0 Å². The van der Waals surface area contributed by atoms with Crippen molar-refractivity contribution >= 4 is 29.1 Å². The van der Waals surface area contributed by atoms with Crippen LogP contribution in [0.4, 0.5) is 0 Å². The molecule has 0 spiro atoms. The minimum Gasteiger partial charge on any atom is -0.385 e. The summed E-state index contributed by atoms with van der Waals surface area (Å²) in [5.74, 6) is -0.134. The van der Waals surface area contributed by atoms with Crippen LogP contribution in [0.1, 0.15) is 13.3 Å². The van der Waals surface area contributed by atoms with Crippen LogP contribution in [-0.2, 0) is 9.53 Å². The number of hydrogen-bond acceptors (Lipinski definition) is 2. The summed E-state index contributed by atoms with van der Waals surface area (Å²) >= 11 is 11.3.